The van der Waals surface area contributed by atoms with Gasteiger partial charge in [-0.2, -0.15) is 11.3 Å². The quantitative estimate of drug-likeness (QED) is 0.491. The molecule has 0 atom stereocenters. The summed E-state index contributed by atoms with van der Waals surface area (Å²) in [4.78, 5) is 14.5. The van der Waals surface area contributed by atoms with Crippen molar-refractivity contribution in [3.63, 3.8) is 0 Å². The van der Waals surface area contributed by atoms with E-state index in [1.165, 1.54) is 5.56 Å². The summed E-state index contributed by atoms with van der Waals surface area (Å²) < 4.78 is 0. The second kappa shape index (κ2) is 8.54. The van der Waals surface area contributed by atoms with Gasteiger partial charge in [0.1, 0.15) is 0 Å². The van der Waals surface area contributed by atoms with Crippen molar-refractivity contribution >= 4 is 17.1 Å². The number of hydrogen-bond donors (Lipinski definition) is 0. The number of carbonyl (C=O) groups is 1. The van der Waals surface area contributed by atoms with E-state index in [1.54, 1.807) is 17.4 Å². The molecule has 0 aliphatic carbocycles. The first-order valence-corrected chi connectivity index (χ1v) is 8.78. The van der Waals surface area contributed by atoms with Crippen molar-refractivity contribution in [3.8, 4) is 11.1 Å². The van der Waals surface area contributed by atoms with E-state index >= 15 is 0 Å². The molecule has 0 bridgehead atoms. The summed E-state index contributed by atoms with van der Waals surface area (Å²) in [5.74, 6) is 0.0640. The third-order valence-electron chi connectivity index (χ3n) is 3.48. The number of ketones is 1. The van der Waals surface area contributed by atoms with Gasteiger partial charge in [-0.25, -0.2) is 0 Å². The van der Waals surface area contributed by atoms with Gasteiger partial charge in [0, 0.05) is 30.9 Å². The molecule has 0 amide bonds. The van der Waals surface area contributed by atoms with E-state index < -0.39 is 0 Å². The highest BCUT2D eigenvalue weighted by atomic mass is 32.1. The topological polar surface area (TPSA) is 20.3 Å². The fraction of sp³-hybridized carbons (Fsp3) is 0.316. The van der Waals surface area contributed by atoms with Gasteiger partial charge in [0.2, 0.25) is 0 Å². The highest BCUT2D eigenvalue weighted by Gasteiger charge is 2.04. The normalized spacial score (nSPS) is 11.0. The zero-order valence-corrected chi connectivity index (χ0v) is 14.1. The first-order chi connectivity index (χ1) is 10.7. The minimum absolute atomic E-state index is 0.0640. The number of hydrogen-bond acceptors (Lipinski definition) is 3. The zero-order valence-electron chi connectivity index (χ0n) is 13.3. The van der Waals surface area contributed by atoms with Crippen LogP contribution >= 0.6 is 11.3 Å². The molecule has 0 saturated carbocycles. The van der Waals surface area contributed by atoms with E-state index in [2.05, 4.69) is 35.6 Å². The lowest BCUT2D eigenvalue weighted by atomic mass is 10.0. The van der Waals surface area contributed by atoms with Gasteiger partial charge in [-0.05, 0) is 40.8 Å². The summed E-state index contributed by atoms with van der Waals surface area (Å²) in [6, 6.07) is 9.93. The molecular formula is C19H23NOS. The largest absolute Gasteiger partial charge is 0.377 e. The Balaban J connectivity index is 2.03. The number of benzene rings is 1. The van der Waals surface area contributed by atoms with Crippen LogP contribution in [0.4, 0.5) is 0 Å². The summed E-state index contributed by atoms with van der Waals surface area (Å²) >= 11 is 1.68. The van der Waals surface area contributed by atoms with Gasteiger partial charge in [0.05, 0.1) is 0 Å². The Morgan fingerprint density at radius 3 is 2.27 bits per heavy atom. The van der Waals surface area contributed by atoms with Crippen molar-refractivity contribution in [1.29, 1.82) is 0 Å². The minimum atomic E-state index is 0.0640. The van der Waals surface area contributed by atoms with Crippen LogP contribution in [-0.4, -0.2) is 23.8 Å². The third kappa shape index (κ3) is 4.57. The van der Waals surface area contributed by atoms with Gasteiger partial charge < -0.3 is 4.90 Å². The Morgan fingerprint density at radius 1 is 1.05 bits per heavy atom. The van der Waals surface area contributed by atoms with Gasteiger partial charge in [0.15, 0.2) is 5.78 Å². The fourth-order valence-electron chi connectivity index (χ4n) is 2.36. The van der Waals surface area contributed by atoms with Crippen LogP contribution in [0, 0.1) is 0 Å². The molecule has 2 aromatic rings. The molecule has 1 heterocycles. The van der Waals surface area contributed by atoms with Crippen LogP contribution in [0.3, 0.4) is 0 Å². The maximum atomic E-state index is 12.2. The molecule has 22 heavy (non-hydrogen) atoms. The molecule has 0 aliphatic heterocycles. The number of thiophene rings is 1. The molecule has 116 valence electrons. The van der Waals surface area contributed by atoms with Crippen molar-refractivity contribution in [2.75, 3.05) is 13.1 Å². The highest BCUT2D eigenvalue weighted by molar-refractivity contribution is 7.08. The van der Waals surface area contributed by atoms with Crippen LogP contribution in [0.25, 0.3) is 11.1 Å². The lowest BCUT2D eigenvalue weighted by Gasteiger charge is -2.18. The predicted molar refractivity (Wildman–Crippen MR) is 95.4 cm³/mol. The molecule has 1 aromatic carbocycles. The summed E-state index contributed by atoms with van der Waals surface area (Å²) in [6.45, 7) is 6.30. The summed E-state index contributed by atoms with van der Waals surface area (Å²) in [5.41, 5.74) is 3.10. The molecule has 2 rings (SSSR count). The van der Waals surface area contributed by atoms with Gasteiger partial charge >= 0.3 is 0 Å². The molecular weight excluding hydrogens is 290 g/mol. The number of nitrogens with zero attached hydrogens (tertiary/aromatic N) is 1. The Kier molecular flexibility index (Phi) is 6.41. The molecule has 0 aliphatic rings. The van der Waals surface area contributed by atoms with E-state index in [9.17, 15) is 4.79 Å². The van der Waals surface area contributed by atoms with Gasteiger partial charge in [0.25, 0.3) is 0 Å². The van der Waals surface area contributed by atoms with Gasteiger partial charge in [-0.3, -0.25) is 4.79 Å². The van der Waals surface area contributed by atoms with Crippen LogP contribution in [0.15, 0.2) is 53.4 Å². The van der Waals surface area contributed by atoms with E-state index in [4.69, 9.17) is 0 Å². The Bertz CT molecular complexity index is 593. The van der Waals surface area contributed by atoms with E-state index in [0.29, 0.717) is 0 Å². The molecule has 0 saturated heterocycles. The SMILES string of the molecule is CCCN(/C=C\C(=O)c1ccc(-c2ccsc2)cc1)CCC. The second-order valence-electron chi connectivity index (χ2n) is 5.31. The maximum absolute atomic E-state index is 12.2. The standard InChI is InChI=1S/C19H23NOS/c1-3-11-20(12-4-2)13-9-19(21)17-7-5-16(6-8-17)18-10-14-22-15-18/h5-10,13-15H,3-4,11-12H2,1-2H3/b13-9-. The smallest absolute Gasteiger partial charge is 0.187 e. The Morgan fingerprint density at radius 2 is 1.73 bits per heavy atom. The molecule has 3 heteroatoms. The molecule has 2 nitrogen and oxygen atoms in total. The van der Waals surface area contributed by atoms with Crippen molar-refractivity contribution in [2.45, 2.75) is 26.7 Å². The van der Waals surface area contributed by atoms with Crippen molar-refractivity contribution in [1.82, 2.24) is 4.90 Å². The van der Waals surface area contributed by atoms with Crippen molar-refractivity contribution < 1.29 is 4.79 Å². The average Bonchev–Trinajstić information content (AvgIpc) is 3.07. The van der Waals surface area contributed by atoms with Crippen molar-refractivity contribution in [3.05, 3.63) is 58.9 Å². The average molecular weight is 313 g/mol. The summed E-state index contributed by atoms with van der Waals surface area (Å²) in [7, 11) is 0. The fourth-order valence-corrected chi connectivity index (χ4v) is 3.03. The number of rotatable bonds is 8. The lowest BCUT2D eigenvalue weighted by Crippen LogP contribution is -2.19. The minimum Gasteiger partial charge on any atom is -0.377 e. The maximum Gasteiger partial charge on any atom is 0.187 e. The van der Waals surface area contributed by atoms with E-state index in [1.807, 2.05) is 30.5 Å². The third-order valence-corrected chi connectivity index (χ3v) is 4.17. The van der Waals surface area contributed by atoms with Gasteiger partial charge in [-0.15, -0.1) is 0 Å². The summed E-state index contributed by atoms with van der Waals surface area (Å²) in [5, 5.41) is 4.18. The van der Waals surface area contributed by atoms with Crippen LogP contribution in [0.2, 0.25) is 0 Å². The predicted octanol–water partition coefficient (Wildman–Crippen LogP) is 5.23. The Hall–Kier alpha value is -1.87. The van der Waals surface area contributed by atoms with Crippen LogP contribution in [0.1, 0.15) is 37.0 Å². The van der Waals surface area contributed by atoms with E-state index in [0.717, 1.165) is 37.1 Å². The highest BCUT2D eigenvalue weighted by Crippen LogP contribution is 2.22. The van der Waals surface area contributed by atoms with Crippen LogP contribution < -0.4 is 0 Å². The number of allylic oxidation sites excluding steroid dienone is 1. The first-order valence-electron chi connectivity index (χ1n) is 7.83. The van der Waals surface area contributed by atoms with E-state index in [-0.39, 0.29) is 5.78 Å². The second-order valence-corrected chi connectivity index (χ2v) is 6.09. The van der Waals surface area contributed by atoms with Crippen LogP contribution in [-0.2, 0) is 0 Å². The van der Waals surface area contributed by atoms with Gasteiger partial charge in [-0.1, -0.05) is 38.1 Å². The summed E-state index contributed by atoms with van der Waals surface area (Å²) in [6.07, 6.45) is 5.80. The molecule has 0 radical (unpaired) electrons. The van der Waals surface area contributed by atoms with Crippen molar-refractivity contribution in [2.24, 2.45) is 0 Å². The van der Waals surface area contributed by atoms with Crippen LogP contribution in [0.5, 0.6) is 0 Å². The zero-order chi connectivity index (χ0) is 15.8. The molecule has 0 N–H and O–H groups in total. The number of carbonyl (C=O) groups excluding carboxylic acids is 1. The molecule has 0 fully saturated rings. The lowest BCUT2D eigenvalue weighted by molar-refractivity contribution is 0.104. The molecule has 0 spiro atoms. The first kappa shape index (κ1) is 16.5. The Labute approximate surface area is 137 Å². The molecule has 1 aromatic heterocycles. The monoisotopic (exact) mass is 313 g/mol. The molecule has 0 unspecified atom stereocenters.